The summed E-state index contributed by atoms with van der Waals surface area (Å²) in [5.41, 5.74) is 2.68. The Hall–Kier alpha value is -5.18. The number of hydrogen-bond donors (Lipinski definition) is 2. The molecule has 1 amide bonds. The van der Waals surface area contributed by atoms with E-state index in [0.717, 1.165) is 22.3 Å². The first kappa shape index (κ1) is 24.5. The van der Waals surface area contributed by atoms with Crippen molar-refractivity contribution in [2.24, 2.45) is 0 Å². The van der Waals surface area contributed by atoms with E-state index in [1.807, 2.05) is 54.6 Å². The van der Waals surface area contributed by atoms with E-state index < -0.39 is 0 Å². The highest BCUT2D eigenvalue weighted by molar-refractivity contribution is 5.99. The first-order valence-corrected chi connectivity index (χ1v) is 11.8. The fourth-order valence-corrected chi connectivity index (χ4v) is 3.86. The van der Waals surface area contributed by atoms with Gasteiger partial charge in [0.05, 0.1) is 37.5 Å². The zero-order chi connectivity index (χ0) is 26.3. The van der Waals surface area contributed by atoms with E-state index in [1.165, 1.54) is 0 Å². The van der Waals surface area contributed by atoms with E-state index in [2.05, 4.69) is 25.6 Å². The molecule has 0 fully saturated rings. The fraction of sp³-hybridized carbons (Fsp3) is 0.103. The van der Waals surface area contributed by atoms with Crippen LogP contribution in [0.5, 0.6) is 23.0 Å². The summed E-state index contributed by atoms with van der Waals surface area (Å²) in [6.45, 7) is 0.322. The Kier molecular flexibility index (Phi) is 7.26. The van der Waals surface area contributed by atoms with Crippen molar-refractivity contribution in [1.82, 2.24) is 20.3 Å². The van der Waals surface area contributed by atoms with Gasteiger partial charge in [-0.05, 0) is 60.7 Å². The molecule has 3 aromatic heterocycles. The van der Waals surface area contributed by atoms with E-state index in [0.29, 0.717) is 40.9 Å². The van der Waals surface area contributed by atoms with Crippen LogP contribution in [0, 0.1) is 0 Å². The van der Waals surface area contributed by atoms with Crippen molar-refractivity contribution in [2.75, 3.05) is 19.5 Å². The van der Waals surface area contributed by atoms with Crippen LogP contribution in [-0.2, 0) is 6.54 Å². The van der Waals surface area contributed by atoms with Gasteiger partial charge in [0.1, 0.15) is 17.3 Å². The molecule has 9 nitrogen and oxygen atoms in total. The molecule has 0 saturated carbocycles. The summed E-state index contributed by atoms with van der Waals surface area (Å²) in [5.74, 6) is 2.65. The highest BCUT2D eigenvalue weighted by Crippen LogP contribution is 2.37. The first-order chi connectivity index (χ1) is 18.6. The second-order valence-corrected chi connectivity index (χ2v) is 8.19. The van der Waals surface area contributed by atoms with E-state index >= 15 is 0 Å². The molecule has 5 aromatic rings. The van der Waals surface area contributed by atoms with Crippen LogP contribution in [0.15, 0.2) is 91.4 Å². The zero-order valence-corrected chi connectivity index (χ0v) is 20.8. The lowest BCUT2D eigenvalue weighted by Gasteiger charge is -2.13. The van der Waals surface area contributed by atoms with Crippen LogP contribution >= 0.6 is 0 Å². The van der Waals surface area contributed by atoms with Gasteiger partial charge in [-0.2, -0.15) is 0 Å². The summed E-state index contributed by atoms with van der Waals surface area (Å²) < 4.78 is 17.0. The normalized spacial score (nSPS) is 10.6. The molecule has 0 spiro atoms. The Morgan fingerprint density at radius 3 is 2.34 bits per heavy atom. The number of benzene rings is 2. The van der Waals surface area contributed by atoms with Gasteiger partial charge in [-0.3, -0.25) is 14.8 Å². The summed E-state index contributed by atoms with van der Waals surface area (Å²) in [7, 11) is 3.17. The van der Waals surface area contributed by atoms with Crippen molar-refractivity contribution in [2.45, 2.75) is 6.54 Å². The molecular formula is C29H25N5O4. The fourth-order valence-electron chi connectivity index (χ4n) is 3.86. The molecule has 3 heterocycles. The highest BCUT2D eigenvalue weighted by atomic mass is 16.5. The molecule has 0 saturated heterocycles. The third-order valence-electron chi connectivity index (χ3n) is 5.76. The van der Waals surface area contributed by atoms with Crippen molar-refractivity contribution < 1.29 is 19.0 Å². The van der Waals surface area contributed by atoms with E-state index in [4.69, 9.17) is 14.2 Å². The van der Waals surface area contributed by atoms with Crippen molar-refractivity contribution in [3.05, 3.63) is 103 Å². The molecule has 0 aliphatic carbocycles. The van der Waals surface area contributed by atoms with Gasteiger partial charge in [-0.1, -0.05) is 6.07 Å². The molecule has 0 bridgehead atoms. The van der Waals surface area contributed by atoms with E-state index in [9.17, 15) is 4.79 Å². The SMILES string of the molecule is COc1cc2nccc(Oc3ccc(Nc4ncccc4C(=O)NCc4ccccn4)cc3)c2cc1OC. The second kappa shape index (κ2) is 11.3. The molecule has 0 atom stereocenters. The second-order valence-electron chi connectivity index (χ2n) is 8.19. The quantitative estimate of drug-likeness (QED) is 0.269. The lowest BCUT2D eigenvalue weighted by atomic mass is 10.2. The number of amides is 1. The van der Waals surface area contributed by atoms with Crippen LogP contribution in [0.4, 0.5) is 11.5 Å². The van der Waals surface area contributed by atoms with Crippen molar-refractivity contribution in [3.63, 3.8) is 0 Å². The Bertz CT molecular complexity index is 1560. The molecule has 2 aromatic carbocycles. The molecule has 0 aliphatic rings. The number of nitrogens with zero attached hydrogens (tertiary/aromatic N) is 3. The van der Waals surface area contributed by atoms with Crippen LogP contribution < -0.4 is 24.8 Å². The Balaban J connectivity index is 1.30. The molecule has 5 rings (SSSR count). The Morgan fingerprint density at radius 1 is 0.789 bits per heavy atom. The van der Waals surface area contributed by atoms with E-state index in [1.54, 1.807) is 51.0 Å². The van der Waals surface area contributed by atoms with Gasteiger partial charge in [0.25, 0.3) is 5.91 Å². The smallest absolute Gasteiger partial charge is 0.255 e. The van der Waals surface area contributed by atoms with Crippen molar-refractivity contribution in [1.29, 1.82) is 0 Å². The number of fused-ring (bicyclic) bond motifs is 1. The third kappa shape index (κ3) is 5.46. The number of nitrogens with one attached hydrogen (secondary N) is 2. The number of methoxy groups -OCH3 is 2. The predicted molar refractivity (Wildman–Crippen MR) is 144 cm³/mol. The molecule has 0 radical (unpaired) electrons. The first-order valence-electron chi connectivity index (χ1n) is 11.8. The number of carbonyl (C=O) groups excluding carboxylic acids is 1. The maximum absolute atomic E-state index is 12.8. The molecule has 2 N–H and O–H groups in total. The van der Waals surface area contributed by atoms with Crippen LogP contribution in [-0.4, -0.2) is 35.1 Å². The predicted octanol–water partition coefficient (Wildman–Crippen LogP) is 5.51. The minimum Gasteiger partial charge on any atom is -0.493 e. The summed E-state index contributed by atoms with van der Waals surface area (Å²) in [4.78, 5) is 25.8. The molecule has 38 heavy (non-hydrogen) atoms. The standard InChI is InChI=1S/C29H25N5O4/c1-36-26-16-23-24(17-27(26)37-2)31-15-12-25(23)38-21-10-8-19(9-11-21)34-28-22(7-5-14-32-28)29(35)33-18-20-6-3-4-13-30-20/h3-17H,18H2,1-2H3,(H,32,34)(H,33,35). The van der Waals surface area contributed by atoms with Crippen LogP contribution in [0.3, 0.4) is 0 Å². The summed E-state index contributed by atoms with van der Waals surface area (Å²) in [6.07, 6.45) is 5.01. The Labute approximate surface area is 219 Å². The molecule has 0 aliphatic heterocycles. The molecule has 9 heteroatoms. The van der Waals surface area contributed by atoms with Gasteiger partial charge in [0.15, 0.2) is 11.5 Å². The van der Waals surface area contributed by atoms with Crippen LogP contribution in [0.25, 0.3) is 10.9 Å². The largest absolute Gasteiger partial charge is 0.493 e. The van der Waals surface area contributed by atoms with Crippen LogP contribution in [0.1, 0.15) is 16.1 Å². The van der Waals surface area contributed by atoms with Crippen molar-refractivity contribution >= 4 is 28.3 Å². The topological polar surface area (TPSA) is 107 Å². The lowest BCUT2D eigenvalue weighted by Crippen LogP contribution is -2.24. The highest BCUT2D eigenvalue weighted by Gasteiger charge is 2.14. The number of aromatic nitrogens is 3. The van der Waals surface area contributed by atoms with Gasteiger partial charge in [0.2, 0.25) is 0 Å². The van der Waals surface area contributed by atoms with Gasteiger partial charge in [-0.25, -0.2) is 4.98 Å². The average Bonchev–Trinajstić information content (AvgIpc) is 2.97. The van der Waals surface area contributed by atoms with Gasteiger partial charge < -0.3 is 24.8 Å². The van der Waals surface area contributed by atoms with E-state index in [-0.39, 0.29) is 5.91 Å². The lowest BCUT2D eigenvalue weighted by molar-refractivity contribution is 0.0951. The molecular weight excluding hydrogens is 482 g/mol. The maximum Gasteiger partial charge on any atom is 0.255 e. The van der Waals surface area contributed by atoms with Crippen LogP contribution in [0.2, 0.25) is 0 Å². The van der Waals surface area contributed by atoms with Crippen molar-refractivity contribution in [3.8, 4) is 23.0 Å². The number of anilines is 2. The number of hydrogen-bond acceptors (Lipinski definition) is 8. The third-order valence-corrected chi connectivity index (χ3v) is 5.76. The number of pyridine rings is 3. The van der Waals surface area contributed by atoms with Gasteiger partial charge >= 0.3 is 0 Å². The monoisotopic (exact) mass is 507 g/mol. The number of carbonyl (C=O) groups is 1. The summed E-state index contributed by atoms with van der Waals surface area (Å²) in [5, 5.41) is 6.89. The van der Waals surface area contributed by atoms with Gasteiger partial charge in [-0.15, -0.1) is 0 Å². The minimum absolute atomic E-state index is 0.247. The Morgan fingerprint density at radius 2 is 1.58 bits per heavy atom. The van der Waals surface area contributed by atoms with Gasteiger partial charge in [0, 0.05) is 35.7 Å². The maximum atomic E-state index is 12.8. The molecule has 0 unspecified atom stereocenters. The number of rotatable bonds is 9. The average molecular weight is 508 g/mol. The zero-order valence-electron chi connectivity index (χ0n) is 20.8. The molecule has 190 valence electrons. The minimum atomic E-state index is -0.247. The summed E-state index contributed by atoms with van der Waals surface area (Å²) in [6, 6.07) is 21.8. The number of ether oxygens (including phenoxy) is 3. The summed E-state index contributed by atoms with van der Waals surface area (Å²) >= 11 is 0.